The Hall–Kier alpha value is -3.90. The van der Waals surface area contributed by atoms with Gasteiger partial charge in [-0.2, -0.15) is 5.10 Å². The summed E-state index contributed by atoms with van der Waals surface area (Å²) in [6, 6.07) is 20.9. The molecule has 0 unspecified atom stereocenters. The van der Waals surface area contributed by atoms with Crippen LogP contribution in [0.15, 0.2) is 71.8 Å². The van der Waals surface area contributed by atoms with E-state index in [0.29, 0.717) is 10.6 Å². The van der Waals surface area contributed by atoms with Gasteiger partial charge in [0, 0.05) is 38.6 Å². The zero-order valence-electron chi connectivity index (χ0n) is 18.2. The topological polar surface area (TPSA) is 66.7 Å². The lowest BCUT2D eigenvalue weighted by Crippen LogP contribution is -2.37. The first kappa shape index (κ1) is 21.0. The fourth-order valence-electron chi connectivity index (χ4n) is 4.42. The number of amides is 2. The van der Waals surface area contributed by atoms with E-state index in [1.54, 1.807) is 12.3 Å². The van der Waals surface area contributed by atoms with Gasteiger partial charge in [-0.05, 0) is 55.6 Å². The maximum absolute atomic E-state index is 12.8. The monoisotopic (exact) mass is 456 g/mol. The summed E-state index contributed by atoms with van der Waals surface area (Å²) >= 11 is 6.14. The zero-order valence-corrected chi connectivity index (χ0v) is 18.9. The predicted molar refractivity (Wildman–Crippen MR) is 132 cm³/mol. The van der Waals surface area contributed by atoms with Crippen LogP contribution in [0.1, 0.15) is 27.3 Å². The molecule has 164 valence electrons. The molecular formula is C26H21ClN4O2. The van der Waals surface area contributed by atoms with E-state index < -0.39 is 0 Å². The van der Waals surface area contributed by atoms with Gasteiger partial charge in [-0.25, -0.2) is 5.43 Å². The van der Waals surface area contributed by atoms with Crippen molar-refractivity contribution in [3.63, 3.8) is 0 Å². The van der Waals surface area contributed by atoms with Crippen molar-refractivity contribution < 1.29 is 9.59 Å². The van der Waals surface area contributed by atoms with Crippen LogP contribution in [0.3, 0.4) is 0 Å². The van der Waals surface area contributed by atoms with E-state index in [1.807, 2.05) is 74.5 Å². The van der Waals surface area contributed by atoms with Crippen LogP contribution in [0.25, 0.3) is 16.5 Å². The number of hydrogen-bond donors (Lipinski definition) is 1. The number of carbonyl (C=O) groups is 2. The average Bonchev–Trinajstić information content (AvgIpc) is 3.23. The number of hydrogen-bond acceptors (Lipinski definition) is 3. The number of nitrogens with zero attached hydrogens (tertiary/aromatic N) is 3. The maximum Gasteiger partial charge on any atom is 0.260 e. The number of rotatable bonds is 5. The number of benzene rings is 3. The molecule has 4 aromatic rings. The van der Waals surface area contributed by atoms with E-state index in [0.717, 1.165) is 39.1 Å². The van der Waals surface area contributed by atoms with Gasteiger partial charge in [-0.1, -0.05) is 41.9 Å². The van der Waals surface area contributed by atoms with Gasteiger partial charge in [0.05, 0.1) is 11.9 Å². The van der Waals surface area contributed by atoms with Crippen molar-refractivity contribution in [2.24, 2.45) is 5.10 Å². The molecule has 7 heteroatoms. The van der Waals surface area contributed by atoms with E-state index in [1.165, 1.54) is 4.90 Å². The predicted octanol–water partition coefficient (Wildman–Crippen LogP) is 5.01. The molecule has 0 spiro atoms. The molecule has 0 saturated heterocycles. The van der Waals surface area contributed by atoms with Gasteiger partial charge in [0.2, 0.25) is 0 Å². The van der Waals surface area contributed by atoms with Crippen molar-refractivity contribution in [3.05, 3.63) is 94.3 Å². The van der Waals surface area contributed by atoms with Crippen LogP contribution < -0.4 is 10.3 Å². The number of halogens is 1. The quantitative estimate of drug-likeness (QED) is 0.339. The van der Waals surface area contributed by atoms with Gasteiger partial charge in [0.25, 0.3) is 11.8 Å². The zero-order chi connectivity index (χ0) is 23.1. The summed E-state index contributed by atoms with van der Waals surface area (Å²) in [4.78, 5) is 26.9. The Morgan fingerprint density at radius 2 is 1.82 bits per heavy atom. The molecule has 0 saturated carbocycles. The minimum atomic E-state index is -0.368. The first-order chi connectivity index (χ1) is 15.9. The SMILES string of the molecule is Cc1cc(/C=N\NC(=O)CN2C(=O)c3cccc4cccc2c34)c(C)n1-c1cccc(Cl)c1. The molecule has 1 aliphatic rings. The molecule has 1 aliphatic heterocycles. The van der Waals surface area contributed by atoms with E-state index in [-0.39, 0.29) is 18.4 Å². The molecule has 3 aromatic carbocycles. The van der Waals surface area contributed by atoms with Crippen LogP contribution in [-0.4, -0.2) is 29.1 Å². The molecule has 2 heterocycles. The van der Waals surface area contributed by atoms with Crippen LogP contribution >= 0.6 is 11.6 Å². The first-order valence-corrected chi connectivity index (χ1v) is 10.9. The number of hydrazone groups is 1. The number of carbonyl (C=O) groups excluding carboxylic acids is 2. The van der Waals surface area contributed by atoms with Crippen molar-refractivity contribution in [3.8, 4) is 5.69 Å². The highest BCUT2D eigenvalue weighted by atomic mass is 35.5. The van der Waals surface area contributed by atoms with Crippen molar-refractivity contribution in [1.82, 2.24) is 9.99 Å². The van der Waals surface area contributed by atoms with Crippen LogP contribution in [0.2, 0.25) is 5.02 Å². The molecule has 6 nitrogen and oxygen atoms in total. The Morgan fingerprint density at radius 3 is 2.61 bits per heavy atom. The number of anilines is 1. The third-order valence-corrected chi connectivity index (χ3v) is 6.12. The average molecular weight is 457 g/mol. The third kappa shape index (κ3) is 3.68. The van der Waals surface area contributed by atoms with E-state index >= 15 is 0 Å². The molecular weight excluding hydrogens is 436 g/mol. The highest BCUT2D eigenvalue weighted by molar-refractivity contribution is 6.30. The summed E-state index contributed by atoms with van der Waals surface area (Å²) in [5.74, 6) is -0.543. The number of nitrogens with one attached hydrogen (secondary N) is 1. The van der Waals surface area contributed by atoms with Crippen LogP contribution in [0.4, 0.5) is 5.69 Å². The Bertz CT molecular complexity index is 1450. The summed E-state index contributed by atoms with van der Waals surface area (Å²) in [5.41, 5.74) is 7.75. The second-order valence-electron chi connectivity index (χ2n) is 8.01. The van der Waals surface area contributed by atoms with Crippen LogP contribution in [-0.2, 0) is 4.79 Å². The highest BCUT2D eigenvalue weighted by Crippen LogP contribution is 2.36. The van der Waals surface area contributed by atoms with Crippen molar-refractivity contribution >= 4 is 46.1 Å². The maximum atomic E-state index is 12.8. The van der Waals surface area contributed by atoms with Crippen LogP contribution in [0, 0.1) is 13.8 Å². The summed E-state index contributed by atoms with van der Waals surface area (Å²) in [6.07, 6.45) is 1.61. The van der Waals surface area contributed by atoms with Gasteiger partial charge >= 0.3 is 0 Å². The van der Waals surface area contributed by atoms with Crippen molar-refractivity contribution in [2.75, 3.05) is 11.4 Å². The standard InChI is InChI=1S/C26H21ClN4O2/c1-16-12-19(17(2)31(16)21-9-5-8-20(27)13-21)14-28-29-24(32)15-30-23-11-4-7-18-6-3-10-22(25(18)23)26(30)33/h3-14H,15H2,1-2H3,(H,29,32)/b28-14-. The van der Waals surface area contributed by atoms with Gasteiger partial charge < -0.3 is 4.57 Å². The molecule has 0 bridgehead atoms. The highest BCUT2D eigenvalue weighted by Gasteiger charge is 2.30. The molecule has 33 heavy (non-hydrogen) atoms. The fraction of sp³-hybridized carbons (Fsp3) is 0.115. The van der Waals surface area contributed by atoms with Gasteiger partial charge in [0.1, 0.15) is 6.54 Å². The summed E-state index contributed by atoms with van der Waals surface area (Å²) < 4.78 is 2.08. The van der Waals surface area contributed by atoms with Gasteiger partial charge in [0.15, 0.2) is 0 Å². The molecule has 5 rings (SSSR count). The smallest absolute Gasteiger partial charge is 0.260 e. The lowest BCUT2D eigenvalue weighted by atomic mass is 10.1. The fourth-order valence-corrected chi connectivity index (χ4v) is 4.60. The van der Waals surface area contributed by atoms with Gasteiger partial charge in [-0.15, -0.1) is 0 Å². The number of aromatic nitrogens is 1. The lowest BCUT2D eigenvalue weighted by Gasteiger charge is -2.16. The largest absolute Gasteiger partial charge is 0.318 e. The van der Waals surface area contributed by atoms with Gasteiger partial charge in [-0.3, -0.25) is 14.5 Å². The molecule has 0 fully saturated rings. The molecule has 1 N–H and O–H groups in total. The molecule has 0 atom stereocenters. The molecule has 0 radical (unpaired) electrons. The Morgan fingerprint density at radius 1 is 1.06 bits per heavy atom. The Kier molecular flexibility index (Phi) is 5.23. The third-order valence-electron chi connectivity index (χ3n) is 5.88. The number of aryl methyl sites for hydroxylation is 1. The second-order valence-corrected chi connectivity index (χ2v) is 8.44. The Labute approximate surface area is 196 Å². The molecule has 2 amide bonds. The van der Waals surface area contributed by atoms with E-state index in [4.69, 9.17) is 11.6 Å². The summed E-state index contributed by atoms with van der Waals surface area (Å²) in [7, 11) is 0. The first-order valence-electron chi connectivity index (χ1n) is 10.5. The van der Waals surface area contributed by atoms with E-state index in [9.17, 15) is 9.59 Å². The second kappa shape index (κ2) is 8.22. The van der Waals surface area contributed by atoms with Crippen molar-refractivity contribution in [2.45, 2.75) is 13.8 Å². The van der Waals surface area contributed by atoms with Crippen molar-refractivity contribution in [1.29, 1.82) is 0 Å². The molecule has 0 aliphatic carbocycles. The normalized spacial score (nSPS) is 12.8. The summed E-state index contributed by atoms with van der Waals surface area (Å²) in [5, 5.41) is 6.66. The molecule has 1 aromatic heterocycles. The van der Waals surface area contributed by atoms with E-state index in [2.05, 4.69) is 15.1 Å². The summed E-state index contributed by atoms with van der Waals surface area (Å²) in [6.45, 7) is 3.88. The Balaban J connectivity index is 1.31. The minimum Gasteiger partial charge on any atom is -0.318 e. The minimum absolute atomic E-state index is 0.106. The lowest BCUT2D eigenvalue weighted by molar-refractivity contribution is -0.119. The van der Waals surface area contributed by atoms with Crippen LogP contribution in [0.5, 0.6) is 0 Å².